The highest BCUT2D eigenvalue weighted by Gasteiger charge is 2.34. The first kappa shape index (κ1) is 22.2. The molecule has 0 atom stereocenters. The summed E-state index contributed by atoms with van der Waals surface area (Å²) in [4.78, 5) is 26.8. The molecule has 3 aromatic heterocycles. The lowest BCUT2D eigenvalue weighted by atomic mass is 10.1. The molecule has 0 spiro atoms. The number of rotatable bonds is 10. The summed E-state index contributed by atoms with van der Waals surface area (Å²) in [5.74, 6) is 2.33. The van der Waals surface area contributed by atoms with Crippen molar-refractivity contribution in [1.29, 1.82) is 0 Å². The Morgan fingerprint density at radius 1 is 1.12 bits per heavy atom. The highest BCUT2D eigenvalue weighted by Crippen LogP contribution is 2.42. The maximum absolute atomic E-state index is 13.5. The van der Waals surface area contributed by atoms with E-state index in [4.69, 9.17) is 4.42 Å². The van der Waals surface area contributed by atoms with Crippen LogP contribution < -0.4 is 0 Å². The molecule has 1 aliphatic carbocycles. The molecule has 0 radical (unpaired) electrons. The van der Waals surface area contributed by atoms with E-state index < -0.39 is 0 Å². The summed E-state index contributed by atoms with van der Waals surface area (Å²) in [6, 6.07) is 5.63. The summed E-state index contributed by atoms with van der Waals surface area (Å²) >= 11 is 0. The van der Waals surface area contributed by atoms with Gasteiger partial charge in [0.1, 0.15) is 11.5 Å². The Labute approximate surface area is 189 Å². The number of aromatic nitrogens is 4. The minimum atomic E-state index is 0.0330. The third kappa shape index (κ3) is 4.60. The quantitative estimate of drug-likeness (QED) is 0.479. The van der Waals surface area contributed by atoms with E-state index in [9.17, 15) is 4.79 Å². The Bertz CT molecular complexity index is 1060. The second-order valence-electron chi connectivity index (χ2n) is 8.19. The second kappa shape index (κ2) is 9.65. The van der Waals surface area contributed by atoms with Gasteiger partial charge in [0.05, 0.1) is 17.5 Å². The highest BCUT2D eigenvalue weighted by atomic mass is 16.3. The fourth-order valence-electron chi connectivity index (χ4n) is 3.97. The zero-order chi connectivity index (χ0) is 22.7. The number of nitrogens with zero attached hydrogens (tertiary/aromatic N) is 6. The third-order valence-corrected chi connectivity index (χ3v) is 6.08. The summed E-state index contributed by atoms with van der Waals surface area (Å²) in [6.07, 6.45) is 5.49. The van der Waals surface area contributed by atoms with E-state index in [1.54, 1.807) is 17.1 Å². The molecule has 8 nitrogen and oxygen atoms in total. The molecule has 170 valence electrons. The Balaban J connectivity index is 1.63. The highest BCUT2D eigenvalue weighted by molar-refractivity contribution is 5.95. The van der Waals surface area contributed by atoms with E-state index in [2.05, 4.69) is 33.8 Å². The van der Waals surface area contributed by atoms with Gasteiger partial charge in [-0.3, -0.25) is 4.79 Å². The van der Waals surface area contributed by atoms with Crippen molar-refractivity contribution in [3.05, 3.63) is 47.6 Å². The average molecular weight is 437 g/mol. The Hall–Kier alpha value is -3.00. The third-order valence-electron chi connectivity index (χ3n) is 6.08. The van der Waals surface area contributed by atoms with Crippen molar-refractivity contribution in [2.75, 3.05) is 32.7 Å². The SMILES string of the molecule is CCN(CC)CCN(CC)C(=O)c1cnn(-c2nccc(-c3ccc(C)o3)n2)c1C1CC1. The van der Waals surface area contributed by atoms with Crippen LogP contribution in [-0.2, 0) is 0 Å². The second-order valence-corrected chi connectivity index (χ2v) is 8.19. The summed E-state index contributed by atoms with van der Waals surface area (Å²) in [5.41, 5.74) is 2.28. The van der Waals surface area contributed by atoms with Crippen LogP contribution in [-0.4, -0.2) is 68.2 Å². The van der Waals surface area contributed by atoms with Crippen LogP contribution in [0.25, 0.3) is 17.4 Å². The summed E-state index contributed by atoms with van der Waals surface area (Å²) < 4.78 is 7.46. The molecule has 1 fully saturated rings. The van der Waals surface area contributed by atoms with Gasteiger partial charge in [0.2, 0.25) is 0 Å². The molecule has 0 N–H and O–H groups in total. The minimum Gasteiger partial charge on any atom is -0.460 e. The smallest absolute Gasteiger partial charge is 0.257 e. The predicted octanol–water partition coefficient (Wildman–Crippen LogP) is 3.91. The fourth-order valence-corrected chi connectivity index (χ4v) is 3.97. The summed E-state index contributed by atoms with van der Waals surface area (Å²) in [6.45, 7) is 12.4. The van der Waals surface area contributed by atoms with E-state index in [0.717, 1.165) is 43.9 Å². The molecule has 8 heteroatoms. The van der Waals surface area contributed by atoms with Gasteiger partial charge in [0.15, 0.2) is 5.76 Å². The molecule has 0 aromatic carbocycles. The number of aryl methyl sites for hydroxylation is 1. The lowest BCUT2D eigenvalue weighted by molar-refractivity contribution is 0.0745. The van der Waals surface area contributed by atoms with E-state index >= 15 is 0 Å². The molecule has 4 rings (SSSR count). The van der Waals surface area contributed by atoms with E-state index in [1.165, 1.54) is 0 Å². The Morgan fingerprint density at radius 3 is 2.53 bits per heavy atom. The van der Waals surface area contributed by atoms with E-state index in [0.29, 0.717) is 42.0 Å². The molecule has 32 heavy (non-hydrogen) atoms. The van der Waals surface area contributed by atoms with Gasteiger partial charge < -0.3 is 14.2 Å². The lowest BCUT2D eigenvalue weighted by Gasteiger charge is -2.25. The Morgan fingerprint density at radius 2 is 1.91 bits per heavy atom. The van der Waals surface area contributed by atoms with Gasteiger partial charge in [-0.2, -0.15) is 5.10 Å². The van der Waals surface area contributed by atoms with Crippen molar-refractivity contribution in [1.82, 2.24) is 29.5 Å². The van der Waals surface area contributed by atoms with Crippen molar-refractivity contribution in [2.45, 2.75) is 46.5 Å². The number of likely N-dealkylation sites (N-methyl/N-ethyl adjacent to an activating group) is 2. The lowest BCUT2D eigenvalue weighted by Crippen LogP contribution is -2.38. The van der Waals surface area contributed by atoms with Crippen LogP contribution in [0.4, 0.5) is 0 Å². The maximum atomic E-state index is 13.5. The molecule has 0 aliphatic heterocycles. The van der Waals surface area contributed by atoms with Gasteiger partial charge in [-0.15, -0.1) is 0 Å². The Kier molecular flexibility index (Phi) is 6.69. The van der Waals surface area contributed by atoms with Gasteiger partial charge in [-0.1, -0.05) is 13.8 Å². The molecular weight excluding hydrogens is 404 g/mol. The van der Waals surface area contributed by atoms with Crippen LogP contribution in [0, 0.1) is 6.92 Å². The topological polar surface area (TPSA) is 80.3 Å². The molecule has 3 aromatic rings. The number of hydrogen-bond donors (Lipinski definition) is 0. The van der Waals surface area contributed by atoms with Crippen LogP contribution in [0.15, 0.2) is 35.0 Å². The van der Waals surface area contributed by atoms with Gasteiger partial charge in [0.25, 0.3) is 11.9 Å². The molecule has 3 heterocycles. The summed E-state index contributed by atoms with van der Waals surface area (Å²) in [7, 11) is 0. The number of hydrogen-bond acceptors (Lipinski definition) is 6. The van der Waals surface area contributed by atoms with Crippen LogP contribution in [0.1, 0.15) is 61.3 Å². The molecular formula is C24H32N6O2. The molecule has 0 unspecified atom stereocenters. The first-order valence-corrected chi connectivity index (χ1v) is 11.5. The van der Waals surface area contributed by atoms with Crippen molar-refractivity contribution >= 4 is 5.91 Å². The zero-order valence-electron chi connectivity index (χ0n) is 19.4. The first-order valence-electron chi connectivity index (χ1n) is 11.5. The van der Waals surface area contributed by atoms with Gasteiger partial charge in [-0.05, 0) is 58.0 Å². The summed E-state index contributed by atoms with van der Waals surface area (Å²) in [5, 5.41) is 4.56. The average Bonchev–Trinajstić information content (AvgIpc) is 3.40. The zero-order valence-corrected chi connectivity index (χ0v) is 19.4. The van der Waals surface area contributed by atoms with Crippen LogP contribution in [0.3, 0.4) is 0 Å². The normalized spacial score (nSPS) is 13.7. The first-order chi connectivity index (χ1) is 15.5. The number of amides is 1. The van der Waals surface area contributed by atoms with Crippen LogP contribution >= 0.6 is 0 Å². The molecule has 1 saturated carbocycles. The predicted molar refractivity (Wildman–Crippen MR) is 123 cm³/mol. The maximum Gasteiger partial charge on any atom is 0.257 e. The standard InChI is InChI=1S/C24H32N6O2/c1-5-28(6-2)14-15-29(7-3)23(31)19-16-26-30(22(19)18-9-10-18)24-25-13-12-20(27-24)21-11-8-17(4)32-21/h8,11-13,16,18H,5-7,9-10,14-15H2,1-4H3. The minimum absolute atomic E-state index is 0.0330. The largest absolute Gasteiger partial charge is 0.460 e. The van der Waals surface area contributed by atoms with E-state index in [1.807, 2.05) is 36.9 Å². The molecule has 1 amide bonds. The number of carbonyl (C=O) groups is 1. The van der Waals surface area contributed by atoms with Gasteiger partial charge >= 0.3 is 0 Å². The van der Waals surface area contributed by atoms with Crippen molar-refractivity contribution in [3.8, 4) is 17.4 Å². The van der Waals surface area contributed by atoms with Crippen molar-refractivity contribution in [3.63, 3.8) is 0 Å². The monoisotopic (exact) mass is 436 g/mol. The molecule has 0 saturated heterocycles. The van der Waals surface area contributed by atoms with Crippen molar-refractivity contribution in [2.24, 2.45) is 0 Å². The molecule has 0 bridgehead atoms. The van der Waals surface area contributed by atoms with Crippen molar-refractivity contribution < 1.29 is 9.21 Å². The van der Waals surface area contributed by atoms with Gasteiger partial charge in [0, 0.05) is 31.7 Å². The van der Waals surface area contributed by atoms with E-state index in [-0.39, 0.29) is 5.91 Å². The van der Waals surface area contributed by atoms with Crippen LogP contribution in [0.5, 0.6) is 0 Å². The number of furan rings is 1. The van der Waals surface area contributed by atoms with Crippen LogP contribution in [0.2, 0.25) is 0 Å². The molecule has 1 aliphatic rings. The number of carbonyl (C=O) groups excluding carboxylic acids is 1. The fraction of sp³-hybridized carbons (Fsp3) is 0.500. The van der Waals surface area contributed by atoms with Gasteiger partial charge in [-0.25, -0.2) is 14.6 Å².